The average molecular weight is 282 g/mol. The van der Waals surface area contributed by atoms with Gasteiger partial charge in [-0.25, -0.2) is 4.79 Å². The van der Waals surface area contributed by atoms with E-state index in [2.05, 4.69) is 19.2 Å². The van der Waals surface area contributed by atoms with Crippen LogP contribution in [0.2, 0.25) is 0 Å². The number of likely N-dealkylation sites (tertiary alicyclic amines) is 1. The number of nitrogens with zero attached hydrogens (tertiary/aromatic N) is 1. The van der Waals surface area contributed by atoms with Crippen LogP contribution >= 0.6 is 0 Å². The first kappa shape index (κ1) is 15.6. The van der Waals surface area contributed by atoms with Crippen molar-refractivity contribution in [2.24, 2.45) is 11.3 Å². The quantitative estimate of drug-likeness (QED) is 0.865. The number of ether oxygens (including phenoxy) is 1. The van der Waals surface area contributed by atoms with Crippen molar-refractivity contribution in [3.8, 4) is 0 Å². The summed E-state index contributed by atoms with van der Waals surface area (Å²) in [5.74, 6) is 0.805. The summed E-state index contributed by atoms with van der Waals surface area (Å²) in [5, 5.41) is 3.64. The molecule has 1 amide bonds. The van der Waals surface area contributed by atoms with Gasteiger partial charge in [0.15, 0.2) is 0 Å². The normalized spacial score (nSPS) is 29.1. The predicted molar refractivity (Wildman–Crippen MR) is 80.7 cm³/mol. The van der Waals surface area contributed by atoms with Crippen molar-refractivity contribution < 1.29 is 9.53 Å². The molecule has 4 heteroatoms. The van der Waals surface area contributed by atoms with Gasteiger partial charge in [-0.3, -0.25) is 0 Å². The van der Waals surface area contributed by atoms with Crippen molar-refractivity contribution in [2.75, 3.05) is 19.6 Å². The largest absolute Gasteiger partial charge is 0.444 e. The summed E-state index contributed by atoms with van der Waals surface area (Å²) in [4.78, 5) is 13.9. The molecule has 0 radical (unpaired) electrons. The molecule has 0 bridgehead atoms. The number of carbonyl (C=O) groups is 1. The van der Waals surface area contributed by atoms with E-state index in [0.717, 1.165) is 38.4 Å². The molecule has 0 aromatic rings. The average Bonchev–Trinajstić information content (AvgIpc) is 2.93. The maximum atomic E-state index is 12.1. The van der Waals surface area contributed by atoms with Crippen molar-refractivity contribution in [1.29, 1.82) is 0 Å². The molecule has 0 aromatic carbocycles. The molecule has 1 N–H and O–H groups in total. The van der Waals surface area contributed by atoms with Crippen LogP contribution in [0.15, 0.2) is 0 Å². The molecule has 1 saturated carbocycles. The first-order valence-electron chi connectivity index (χ1n) is 7.89. The van der Waals surface area contributed by atoms with E-state index in [1.807, 2.05) is 25.7 Å². The maximum absolute atomic E-state index is 12.1. The minimum Gasteiger partial charge on any atom is -0.444 e. The molecule has 4 nitrogen and oxygen atoms in total. The van der Waals surface area contributed by atoms with Crippen LogP contribution in [0.1, 0.15) is 53.9 Å². The van der Waals surface area contributed by atoms with Crippen LogP contribution in [0.5, 0.6) is 0 Å². The van der Waals surface area contributed by atoms with Crippen molar-refractivity contribution >= 4 is 6.09 Å². The summed E-state index contributed by atoms with van der Waals surface area (Å²) in [6, 6.07) is 0.424. The zero-order valence-electron chi connectivity index (χ0n) is 13.7. The van der Waals surface area contributed by atoms with Gasteiger partial charge in [0, 0.05) is 19.1 Å². The van der Waals surface area contributed by atoms with Crippen LogP contribution in [0.3, 0.4) is 0 Å². The molecule has 2 rings (SSSR count). The van der Waals surface area contributed by atoms with Crippen LogP contribution in [-0.2, 0) is 4.74 Å². The van der Waals surface area contributed by atoms with Gasteiger partial charge >= 0.3 is 6.09 Å². The van der Waals surface area contributed by atoms with Crippen LogP contribution < -0.4 is 5.32 Å². The highest BCUT2D eigenvalue weighted by Gasteiger charge is 2.45. The molecule has 116 valence electrons. The van der Waals surface area contributed by atoms with E-state index in [1.165, 1.54) is 6.42 Å². The van der Waals surface area contributed by atoms with E-state index < -0.39 is 5.60 Å². The third kappa shape index (κ3) is 4.37. The summed E-state index contributed by atoms with van der Waals surface area (Å²) in [6.07, 6.45) is 3.37. The number of piperidine rings is 1. The monoisotopic (exact) mass is 282 g/mol. The highest BCUT2D eigenvalue weighted by molar-refractivity contribution is 5.68. The number of carbonyl (C=O) groups excluding carboxylic acids is 1. The highest BCUT2D eigenvalue weighted by atomic mass is 16.6. The van der Waals surface area contributed by atoms with Gasteiger partial charge in [0.1, 0.15) is 5.60 Å². The van der Waals surface area contributed by atoms with E-state index >= 15 is 0 Å². The van der Waals surface area contributed by atoms with Crippen LogP contribution in [0.4, 0.5) is 4.79 Å². The molecule has 1 heterocycles. The Morgan fingerprint density at radius 1 is 1.40 bits per heavy atom. The topological polar surface area (TPSA) is 41.6 Å². The van der Waals surface area contributed by atoms with E-state index in [9.17, 15) is 4.79 Å². The lowest BCUT2D eigenvalue weighted by Gasteiger charge is -2.34. The molecule has 0 aromatic heterocycles. The Morgan fingerprint density at radius 3 is 2.60 bits per heavy atom. The van der Waals surface area contributed by atoms with Crippen molar-refractivity contribution in [3.63, 3.8) is 0 Å². The van der Waals surface area contributed by atoms with Gasteiger partial charge in [0.25, 0.3) is 0 Å². The molecular weight excluding hydrogens is 252 g/mol. The fraction of sp³-hybridized carbons (Fsp3) is 0.938. The van der Waals surface area contributed by atoms with Crippen molar-refractivity contribution in [3.05, 3.63) is 0 Å². The minimum absolute atomic E-state index is 0.171. The number of nitrogens with one attached hydrogen (secondary N) is 1. The lowest BCUT2D eigenvalue weighted by Crippen LogP contribution is -2.49. The number of hydrogen-bond acceptors (Lipinski definition) is 3. The van der Waals surface area contributed by atoms with E-state index in [1.54, 1.807) is 0 Å². The predicted octanol–water partition coefficient (Wildman–Crippen LogP) is 3.02. The first-order valence-corrected chi connectivity index (χ1v) is 7.89. The molecule has 0 spiro atoms. The summed E-state index contributed by atoms with van der Waals surface area (Å²) in [5.41, 5.74) is 0.113. The number of hydrogen-bond donors (Lipinski definition) is 1. The second-order valence-electron chi connectivity index (χ2n) is 8.06. The van der Waals surface area contributed by atoms with Gasteiger partial charge in [0.05, 0.1) is 0 Å². The Hall–Kier alpha value is -0.770. The summed E-state index contributed by atoms with van der Waals surface area (Å²) in [6.45, 7) is 13.1. The summed E-state index contributed by atoms with van der Waals surface area (Å²) >= 11 is 0. The molecule has 2 aliphatic rings. The Labute approximate surface area is 123 Å². The molecule has 2 fully saturated rings. The van der Waals surface area contributed by atoms with Crippen LogP contribution in [0, 0.1) is 11.3 Å². The third-order valence-corrected chi connectivity index (χ3v) is 4.44. The standard InChI is InChI=1S/C16H30N2O2/c1-15(2,3)20-14(19)18-8-6-7-13(11-18)17-10-12-9-16(12,4)5/h12-13,17H,6-11H2,1-5H3. The second-order valence-corrected chi connectivity index (χ2v) is 8.06. The Morgan fingerprint density at radius 2 is 2.05 bits per heavy atom. The molecule has 1 aliphatic heterocycles. The minimum atomic E-state index is -0.407. The molecule has 20 heavy (non-hydrogen) atoms. The van der Waals surface area contributed by atoms with E-state index in [-0.39, 0.29) is 6.09 Å². The molecule has 2 atom stereocenters. The second kappa shape index (κ2) is 5.55. The Balaban J connectivity index is 1.75. The first-order chi connectivity index (χ1) is 9.17. The van der Waals surface area contributed by atoms with Crippen LogP contribution in [-0.4, -0.2) is 42.3 Å². The van der Waals surface area contributed by atoms with Gasteiger partial charge in [-0.2, -0.15) is 0 Å². The fourth-order valence-electron chi connectivity index (χ4n) is 2.87. The zero-order valence-corrected chi connectivity index (χ0v) is 13.7. The van der Waals surface area contributed by atoms with Gasteiger partial charge in [0.2, 0.25) is 0 Å². The Kier molecular flexibility index (Phi) is 4.33. The number of amides is 1. The Bertz CT molecular complexity index is 360. The summed E-state index contributed by atoms with van der Waals surface area (Å²) in [7, 11) is 0. The molecule has 1 aliphatic carbocycles. The maximum Gasteiger partial charge on any atom is 0.410 e. The lowest BCUT2D eigenvalue weighted by atomic mass is 10.1. The van der Waals surface area contributed by atoms with E-state index in [4.69, 9.17) is 4.74 Å². The smallest absolute Gasteiger partial charge is 0.410 e. The molecule has 1 saturated heterocycles. The zero-order chi connectivity index (χ0) is 15.0. The number of rotatable bonds is 3. The van der Waals surface area contributed by atoms with Gasteiger partial charge in [-0.15, -0.1) is 0 Å². The van der Waals surface area contributed by atoms with Gasteiger partial charge in [-0.05, 0) is 57.9 Å². The van der Waals surface area contributed by atoms with Gasteiger partial charge in [-0.1, -0.05) is 13.8 Å². The van der Waals surface area contributed by atoms with Crippen molar-refractivity contribution in [2.45, 2.75) is 65.5 Å². The fourth-order valence-corrected chi connectivity index (χ4v) is 2.87. The summed E-state index contributed by atoms with van der Waals surface area (Å²) < 4.78 is 5.46. The third-order valence-electron chi connectivity index (χ3n) is 4.44. The van der Waals surface area contributed by atoms with Gasteiger partial charge < -0.3 is 15.0 Å². The highest BCUT2D eigenvalue weighted by Crippen LogP contribution is 2.51. The molecular formula is C16H30N2O2. The van der Waals surface area contributed by atoms with E-state index in [0.29, 0.717) is 11.5 Å². The lowest BCUT2D eigenvalue weighted by molar-refractivity contribution is 0.0187. The van der Waals surface area contributed by atoms with Crippen LogP contribution in [0.25, 0.3) is 0 Å². The molecule has 2 unspecified atom stereocenters. The van der Waals surface area contributed by atoms with Crippen molar-refractivity contribution in [1.82, 2.24) is 10.2 Å². The SMILES string of the molecule is CC(C)(C)OC(=O)N1CCCC(NCC2CC2(C)C)C1.